The second-order valence-electron chi connectivity index (χ2n) is 4.27. The van der Waals surface area contributed by atoms with Crippen LogP contribution in [0.15, 0.2) is 23.1 Å². The van der Waals surface area contributed by atoms with Gasteiger partial charge in [-0.05, 0) is 31.5 Å². The Bertz CT molecular complexity index is 831. The van der Waals surface area contributed by atoms with E-state index in [4.69, 9.17) is 16.9 Å². The van der Waals surface area contributed by atoms with Crippen LogP contribution in [0.5, 0.6) is 0 Å². The Morgan fingerprint density at radius 1 is 1.40 bits per heavy atom. The van der Waals surface area contributed by atoms with Gasteiger partial charge in [-0.3, -0.25) is 4.55 Å². The minimum Gasteiger partial charge on any atom is -0.392 e. The molecule has 20 heavy (non-hydrogen) atoms. The van der Waals surface area contributed by atoms with E-state index < -0.39 is 10.1 Å². The number of nitrogens with two attached hydrogens (primary N) is 1. The molecule has 104 valence electrons. The molecule has 3 N–H and O–H groups in total. The van der Waals surface area contributed by atoms with Gasteiger partial charge in [-0.25, -0.2) is 9.53 Å². The van der Waals surface area contributed by atoms with Gasteiger partial charge in [0.15, 0.2) is 0 Å². The smallest absolute Gasteiger partial charge is 0.294 e. The average Bonchev–Trinajstić information content (AvgIpc) is 2.63. The van der Waals surface area contributed by atoms with Crippen LogP contribution in [0.4, 0.5) is 11.5 Å². The zero-order valence-electron chi connectivity index (χ0n) is 10.8. The molecular formula is C12H12N4O3S. The number of anilines is 1. The summed E-state index contributed by atoms with van der Waals surface area (Å²) in [6, 6.07) is 4.09. The molecule has 0 amide bonds. The normalized spacial score (nSPS) is 11.3. The summed E-state index contributed by atoms with van der Waals surface area (Å²) in [6.07, 6.45) is 0. The number of hydrogen-bond acceptors (Lipinski definition) is 4. The van der Waals surface area contributed by atoms with Gasteiger partial charge in [-0.1, -0.05) is 6.07 Å². The first-order chi connectivity index (χ1) is 9.25. The van der Waals surface area contributed by atoms with Crippen molar-refractivity contribution in [3.63, 3.8) is 0 Å². The lowest BCUT2D eigenvalue weighted by molar-refractivity contribution is 0.483. The van der Waals surface area contributed by atoms with E-state index in [0.29, 0.717) is 16.9 Å². The fraction of sp³-hybridized carbons (Fsp3) is 0.167. The van der Waals surface area contributed by atoms with Crippen LogP contribution in [0.1, 0.15) is 11.3 Å². The molecule has 8 heteroatoms. The van der Waals surface area contributed by atoms with Crippen LogP contribution in [0.25, 0.3) is 10.5 Å². The van der Waals surface area contributed by atoms with Gasteiger partial charge >= 0.3 is 0 Å². The molecule has 1 heterocycles. The first-order valence-corrected chi connectivity index (χ1v) is 7.00. The molecule has 0 bridgehead atoms. The van der Waals surface area contributed by atoms with Crippen LogP contribution >= 0.6 is 0 Å². The lowest BCUT2D eigenvalue weighted by atomic mass is 10.2. The Morgan fingerprint density at radius 2 is 2.05 bits per heavy atom. The molecule has 0 radical (unpaired) electrons. The Labute approximate surface area is 116 Å². The van der Waals surface area contributed by atoms with E-state index in [2.05, 4.69) is 9.94 Å². The summed E-state index contributed by atoms with van der Waals surface area (Å²) < 4.78 is 32.8. The number of rotatable bonds is 2. The maximum atomic E-state index is 11.2. The first-order valence-electron chi connectivity index (χ1n) is 5.56. The zero-order chi connectivity index (χ0) is 15.1. The summed E-state index contributed by atoms with van der Waals surface area (Å²) >= 11 is 0. The first kappa shape index (κ1) is 14.0. The maximum Gasteiger partial charge on any atom is 0.294 e. The van der Waals surface area contributed by atoms with Crippen molar-refractivity contribution in [3.05, 3.63) is 40.9 Å². The summed E-state index contributed by atoms with van der Waals surface area (Å²) in [5.74, 6) is 0.132. The standard InChI is InChI=1S/C12H12N4O3S/c1-7-4-5-9(20(17,18)19)6-10(7)16-12(13)11(14-3)8(2)15-16/h4-6H,13H2,1-2H3,(H,17,18,19). The third-order valence-electron chi connectivity index (χ3n) is 2.88. The topological polar surface area (TPSA) is 103 Å². The molecule has 2 rings (SSSR count). The van der Waals surface area contributed by atoms with Gasteiger partial charge in [-0.15, -0.1) is 0 Å². The summed E-state index contributed by atoms with van der Waals surface area (Å²) in [5.41, 5.74) is 7.64. The maximum absolute atomic E-state index is 11.2. The number of benzene rings is 1. The Kier molecular flexibility index (Phi) is 3.25. The largest absolute Gasteiger partial charge is 0.392 e. The van der Waals surface area contributed by atoms with Crippen LogP contribution < -0.4 is 5.73 Å². The van der Waals surface area contributed by atoms with Crippen molar-refractivity contribution in [1.82, 2.24) is 9.78 Å². The Balaban J connectivity index is 2.74. The van der Waals surface area contributed by atoms with Gasteiger partial charge in [0.25, 0.3) is 10.1 Å². The number of hydrogen-bond donors (Lipinski definition) is 2. The second-order valence-corrected chi connectivity index (χ2v) is 5.69. The molecule has 7 nitrogen and oxygen atoms in total. The monoisotopic (exact) mass is 292 g/mol. The molecule has 1 aromatic heterocycles. The van der Waals surface area contributed by atoms with Crippen molar-refractivity contribution in [2.75, 3.05) is 5.73 Å². The van der Waals surface area contributed by atoms with E-state index in [1.807, 2.05) is 0 Å². The van der Waals surface area contributed by atoms with Crippen LogP contribution in [0, 0.1) is 20.4 Å². The van der Waals surface area contributed by atoms with E-state index in [-0.39, 0.29) is 16.4 Å². The third-order valence-corrected chi connectivity index (χ3v) is 3.73. The number of nitrogens with zero attached hydrogens (tertiary/aromatic N) is 3. The fourth-order valence-corrected chi connectivity index (χ4v) is 2.34. The van der Waals surface area contributed by atoms with Crippen LogP contribution in [-0.4, -0.2) is 22.8 Å². The highest BCUT2D eigenvalue weighted by atomic mass is 32.2. The highest BCUT2D eigenvalue weighted by Crippen LogP contribution is 2.30. The van der Waals surface area contributed by atoms with Gasteiger partial charge in [0.1, 0.15) is 5.82 Å². The molecule has 0 fully saturated rings. The van der Waals surface area contributed by atoms with Crippen molar-refractivity contribution in [2.45, 2.75) is 18.7 Å². The quantitative estimate of drug-likeness (QED) is 0.649. The van der Waals surface area contributed by atoms with Gasteiger partial charge in [0.2, 0.25) is 5.69 Å². The molecule has 0 atom stereocenters. The lowest BCUT2D eigenvalue weighted by Crippen LogP contribution is -2.06. The van der Waals surface area contributed by atoms with Crippen molar-refractivity contribution < 1.29 is 13.0 Å². The molecule has 2 aromatic rings. The Hall–Kier alpha value is -2.37. The molecule has 0 aliphatic carbocycles. The van der Waals surface area contributed by atoms with Gasteiger partial charge in [0.05, 0.1) is 22.8 Å². The minimum atomic E-state index is -4.31. The fourth-order valence-electron chi connectivity index (χ4n) is 1.84. The van der Waals surface area contributed by atoms with E-state index in [0.717, 1.165) is 0 Å². The summed E-state index contributed by atoms with van der Waals surface area (Å²) in [5, 5.41) is 4.14. The summed E-state index contributed by atoms with van der Waals surface area (Å²) in [6.45, 7) is 10.4. The van der Waals surface area contributed by atoms with Gasteiger partial charge in [-0.2, -0.15) is 13.5 Å². The van der Waals surface area contributed by atoms with Crippen molar-refractivity contribution in [2.24, 2.45) is 0 Å². The molecule has 0 unspecified atom stereocenters. The molecular weight excluding hydrogens is 280 g/mol. The lowest BCUT2D eigenvalue weighted by Gasteiger charge is -2.09. The molecule has 0 aliphatic rings. The zero-order valence-corrected chi connectivity index (χ0v) is 11.6. The van der Waals surface area contributed by atoms with Crippen LogP contribution in [0.2, 0.25) is 0 Å². The van der Waals surface area contributed by atoms with Crippen molar-refractivity contribution >= 4 is 21.6 Å². The summed E-state index contributed by atoms with van der Waals surface area (Å²) in [4.78, 5) is 3.04. The highest BCUT2D eigenvalue weighted by molar-refractivity contribution is 7.85. The minimum absolute atomic E-state index is 0.132. The second kappa shape index (κ2) is 4.63. The SMILES string of the molecule is [C-]#[N+]c1c(C)nn(-c2cc(S(=O)(=O)O)ccc2C)c1N. The highest BCUT2D eigenvalue weighted by Gasteiger charge is 2.17. The molecule has 0 spiro atoms. The molecule has 0 aliphatic heterocycles. The van der Waals surface area contributed by atoms with Gasteiger partial charge < -0.3 is 5.73 Å². The van der Waals surface area contributed by atoms with E-state index in [9.17, 15) is 8.42 Å². The Morgan fingerprint density at radius 3 is 2.55 bits per heavy atom. The predicted molar refractivity (Wildman–Crippen MR) is 73.5 cm³/mol. The number of aryl methyl sites for hydroxylation is 2. The predicted octanol–water partition coefficient (Wildman–Crippen LogP) is 1.87. The molecule has 0 saturated carbocycles. The average molecular weight is 292 g/mol. The van der Waals surface area contributed by atoms with Crippen LogP contribution in [0.3, 0.4) is 0 Å². The van der Waals surface area contributed by atoms with Crippen molar-refractivity contribution in [1.29, 1.82) is 0 Å². The van der Waals surface area contributed by atoms with Crippen molar-refractivity contribution in [3.8, 4) is 5.69 Å². The molecule has 1 aromatic carbocycles. The molecule has 0 saturated heterocycles. The summed E-state index contributed by atoms with van der Waals surface area (Å²) in [7, 11) is -4.31. The van der Waals surface area contributed by atoms with Crippen LogP contribution in [-0.2, 0) is 10.1 Å². The van der Waals surface area contributed by atoms with E-state index in [1.165, 1.54) is 22.9 Å². The van der Waals surface area contributed by atoms with E-state index >= 15 is 0 Å². The van der Waals surface area contributed by atoms with E-state index in [1.54, 1.807) is 13.8 Å². The third kappa shape index (κ3) is 2.24. The number of nitrogen functional groups attached to an aromatic ring is 1. The van der Waals surface area contributed by atoms with Gasteiger partial charge in [0, 0.05) is 0 Å². The number of aromatic nitrogens is 2.